The Hall–Kier alpha value is -1.73. The minimum atomic E-state index is -1.24. The highest BCUT2D eigenvalue weighted by Crippen LogP contribution is 2.45. The molecule has 0 saturated carbocycles. The molecule has 0 spiro atoms. The summed E-state index contributed by atoms with van der Waals surface area (Å²) in [5.41, 5.74) is 5.15. The van der Waals surface area contributed by atoms with E-state index < -0.39 is 41.0 Å². The number of nitrogens with zero attached hydrogens (tertiary/aromatic N) is 1. The first-order chi connectivity index (χ1) is 16.7. The van der Waals surface area contributed by atoms with Gasteiger partial charge in [-0.2, -0.15) is 0 Å². The molecule has 0 bridgehead atoms. The Labute approximate surface area is 223 Å². The fraction of sp³-hybridized carbons (Fsp3) is 0.536. The lowest BCUT2D eigenvalue weighted by Gasteiger charge is -2.49. The summed E-state index contributed by atoms with van der Waals surface area (Å²) in [6.45, 7) is 11.7. The molecule has 1 fully saturated rings. The predicted octanol–water partition coefficient (Wildman–Crippen LogP) is 7.24. The van der Waals surface area contributed by atoms with Crippen molar-refractivity contribution in [2.45, 2.75) is 90.6 Å². The summed E-state index contributed by atoms with van der Waals surface area (Å²) < 4.78 is 36.0. The van der Waals surface area contributed by atoms with E-state index in [2.05, 4.69) is 20.8 Å². The van der Waals surface area contributed by atoms with Crippen molar-refractivity contribution in [3.8, 4) is 0 Å². The van der Waals surface area contributed by atoms with Crippen LogP contribution in [0.4, 0.5) is 8.78 Å². The van der Waals surface area contributed by atoms with Crippen molar-refractivity contribution < 1.29 is 18.3 Å². The van der Waals surface area contributed by atoms with E-state index in [0.29, 0.717) is 12.0 Å². The number of hydrogen-bond acceptors (Lipinski definition) is 4. The first kappa shape index (κ1) is 28.8. The molecule has 3 atom stereocenters. The Kier molecular flexibility index (Phi) is 8.46. The molecule has 0 amide bonds. The SMILES string of the molecule is CCC(C)(CC)C[C@H](N1[C@H](Cc2cccc(Cl)c2F)C(=O)OC1(C)C)[C@](C)(N)c1ccc(Cl)cc1F. The van der Waals surface area contributed by atoms with E-state index in [-0.39, 0.29) is 27.4 Å². The van der Waals surface area contributed by atoms with E-state index in [0.717, 1.165) is 12.8 Å². The van der Waals surface area contributed by atoms with Gasteiger partial charge in [-0.15, -0.1) is 0 Å². The third kappa shape index (κ3) is 5.57. The standard InChI is InChI=1S/C28H36Cl2F2N2O2/c1-7-27(5,8-2)16-23(28(6,33)19-13-12-18(29)15-21(19)31)34-22(25(35)36-26(34,3)4)14-17-10-9-11-20(30)24(17)32/h9-13,15,22-23H,7-8,14,16,33H2,1-6H3/t22-,23+,28-/m1/s1. The van der Waals surface area contributed by atoms with E-state index in [9.17, 15) is 9.18 Å². The normalized spacial score (nSPS) is 20.8. The van der Waals surface area contributed by atoms with E-state index >= 15 is 4.39 Å². The topological polar surface area (TPSA) is 55.6 Å². The zero-order chi connectivity index (χ0) is 27.1. The van der Waals surface area contributed by atoms with E-state index in [1.165, 1.54) is 12.1 Å². The van der Waals surface area contributed by atoms with Crippen molar-refractivity contribution in [2.24, 2.45) is 11.1 Å². The molecule has 3 rings (SSSR count). The van der Waals surface area contributed by atoms with Crippen molar-refractivity contribution in [3.05, 3.63) is 69.2 Å². The fourth-order valence-electron chi connectivity index (χ4n) is 5.25. The second-order valence-electron chi connectivity index (χ2n) is 10.9. The zero-order valence-electron chi connectivity index (χ0n) is 21.8. The van der Waals surface area contributed by atoms with Crippen LogP contribution < -0.4 is 5.73 Å². The van der Waals surface area contributed by atoms with Crippen LogP contribution in [0.5, 0.6) is 0 Å². The third-order valence-electron chi connectivity index (χ3n) is 7.96. The summed E-state index contributed by atoms with van der Waals surface area (Å²) >= 11 is 12.0. The van der Waals surface area contributed by atoms with Crippen LogP contribution in [-0.2, 0) is 21.5 Å². The molecule has 0 unspecified atom stereocenters. The molecule has 2 N–H and O–H groups in total. The fourth-order valence-corrected chi connectivity index (χ4v) is 5.61. The summed E-state index contributed by atoms with van der Waals surface area (Å²) in [7, 11) is 0. The molecular weight excluding hydrogens is 505 g/mol. The van der Waals surface area contributed by atoms with E-state index in [1.807, 2.05) is 4.90 Å². The minimum Gasteiger partial charge on any atom is -0.443 e. The van der Waals surface area contributed by atoms with Crippen LogP contribution in [0.2, 0.25) is 10.0 Å². The quantitative estimate of drug-likeness (QED) is 0.340. The van der Waals surface area contributed by atoms with Crippen LogP contribution in [0.3, 0.4) is 0 Å². The monoisotopic (exact) mass is 540 g/mol. The molecule has 4 nitrogen and oxygen atoms in total. The Morgan fingerprint density at radius 1 is 1.14 bits per heavy atom. The van der Waals surface area contributed by atoms with Gasteiger partial charge in [0.05, 0.1) is 10.6 Å². The molecule has 1 aliphatic heterocycles. The van der Waals surface area contributed by atoms with Gasteiger partial charge in [0.25, 0.3) is 0 Å². The van der Waals surface area contributed by atoms with Crippen molar-refractivity contribution in [1.82, 2.24) is 4.90 Å². The number of hydrogen-bond donors (Lipinski definition) is 1. The second kappa shape index (κ2) is 10.6. The zero-order valence-corrected chi connectivity index (χ0v) is 23.3. The van der Waals surface area contributed by atoms with Gasteiger partial charge in [-0.05, 0) is 56.4 Å². The number of halogens is 4. The van der Waals surface area contributed by atoms with Gasteiger partial charge in [-0.3, -0.25) is 4.79 Å². The number of carbonyl (C=O) groups excluding carboxylic acids is 1. The maximum Gasteiger partial charge on any atom is 0.325 e. The number of esters is 1. The van der Waals surface area contributed by atoms with Gasteiger partial charge in [0.2, 0.25) is 0 Å². The number of benzene rings is 2. The summed E-state index contributed by atoms with van der Waals surface area (Å²) in [6, 6.07) is 7.79. The average molecular weight is 542 g/mol. The lowest BCUT2D eigenvalue weighted by atomic mass is 9.71. The number of cyclic esters (lactones) is 1. The minimum absolute atomic E-state index is 0.0161. The molecule has 2 aromatic carbocycles. The molecule has 0 radical (unpaired) electrons. The lowest BCUT2D eigenvalue weighted by Crippen LogP contribution is -2.62. The number of rotatable bonds is 9. The average Bonchev–Trinajstić information content (AvgIpc) is 3.02. The highest BCUT2D eigenvalue weighted by atomic mass is 35.5. The van der Waals surface area contributed by atoms with Crippen molar-refractivity contribution in [1.29, 1.82) is 0 Å². The van der Waals surface area contributed by atoms with Gasteiger partial charge in [0.15, 0.2) is 5.72 Å². The number of carbonyl (C=O) groups is 1. The first-order valence-electron chi connectivity index (χ1n) is 12.4. The summed E-state index contributed by atoms with van der Waals surface area (Å²) in [5.74, 6) is -1.57. The van der Waals surface area contributed by atoms with Crippen LogP contribution in [0.1, 0.15) is 71.9 Å². The Morgan fingerprint density at radius 2 is 1.78 bits per heavy atom. The first-order valence-corrected chi connectivity index (χ1v) is 13.1. The van der Waals surface area contributed by atoms with Gasteiger partial charge in [0.1, 0.15) is 17.7 Å². The van der Waals surface area contributed by atoms with E-state index in [1.54, 1.807) is 45.0 Å². The molecule has 0 aromatic heterocycles. The number of ether oxygens (including phenoxy) is 1. The number of nitrogens with two attached hydrogens (primary N) is 1. The molecule has 8 heteroatoms. The second-order valence-corrected chi connectivity index (χ2v) is 11.7. The van der Waals surface area contributed by atoms with Crippen LogP contribution in [0.25, 0.3) is 0 Å². The maximum atomic E-state index is 15.3. The van der Waals surface area contributed by atoms with Crippen LogP contribution in [0.15, 0.2) is 36.4 Å². The van der Waals surface area contributed by atoms with Gasteiger partial charge in [-0.25, -0.2) is 13.7 Å². The van der Waals surface area contributed by atoms with Gasteiger partial charge in [-0.1, -0.05) is 75.0 Å². The highest BCUT2D eigenvalue weighted by molar-refractivity contribution is 6.31. The molecule has 2 aromatic rings. The van der Waals surface area contributed by atoms with Crippen molar-refractivity contribution >= 4 is 29.2 Å². The molecule has 1 heterocycles. The Balaban J connectivity index is 2.18. The largest absolute Gasteiger partial charge is 0.443 e. The van der Waals surface area contributed by atoms with E-state index in [4.69, 9.17) is 33.7 Å². The molecule has 36 heavy (non-hydrogen) atoms. The summed E-state index contributed by atoms with van der Waals surface area (Å²) in [5, 5.41) is 0.252. The van der Waals surface area contributed by atoms with Crippen molar-refractivity contribution in [2.75, 3.05) is 0 Å². The highest BCUT2D eigenvalue weighted by Gasteiger charge is 2.55. The molecule has 0 aliphatic carbocycles. The van der Waals surface area contributed by atoms with Gasteiger partial charge < -0.3 is 10.5 Å². The van der Waals surface area contributed by atoms with Gasteiger partial charge in [0, 0.05) is 23.0 Å². The summed E-state index contributed by atoms with van der Waals surface area (Å²) in [6.07, 6.45) is 2.31. The molecule has 1 saturated heterocycles. The summed E-state index contributed by atoms with van der Waals surface area (Å²) in [4.78, 5) is 15.1. The molecular formula is C28H36Cl2F2N2O2. The van der Waals surface area contributed by atoms with Crippen LogP contribution in [-0.4, -0.2) is 28.7 Å². The predicted molar refractivity (Wildman–Crippen MR) is 141 cm³/mol. The lowest BCUT2D eigenvalue weighted by molar-refractivity contribution is -0.151. The third-order valence-corrected chi connectivity index (χ3v) is 8.48. The Bertz CT molecular complexity index is 1120. The maximum absolute atomic E-state index is 15.3. The molecule has 1 aliphatic rings. The van der Waals surface area contributed by atoms with Crippen LogP contribution >= 0.6 is 23.2 Å². The smallest absolute Gasteiger partial charge is 0.325 e. The van der Waals surface area contributed by atoms with Gasteiger partial charge >= 0.3 is 5.97 Å². The van der Waals surface area contributed by atoms with Crippen LogP contribution in [0, 0.1) is 17.0 Å². The Morgan fingerprint density at radius 3 is 2.36 bits per heavy atom. The van der Waals surface area contributed by atoms with Crippen molar-refractivity contribution in [3.63, 3.8) is 0 Å². The molecule has 198 valence electrons.